The second kappa shape index (κ2) is 5.74. The Morgan fingerprint density at radius 3 is 2.61 bits per heavy atom. The predicted octanol–water partition coefficient (Wildman–Crippen LogP) is 5.21. The van der Waals surface area contributed by atoms with E-state index in [9.17, 15) is 5.11 Å². The van der Waals surface area contributed by atoms with Crippen LogP contribution in [0.15, 0.2) is 45.9 Å². The van der Waals surface area contributed by atoms with E-state index in [1.807, 2.05) is 24.3 Å². The van der Waals surface area contributed by atoms with Crippen LogP contribution < -0.4 is 0 Å². The van der Waals surface area contributed by atoms with Gasteiger partial charge in [0.1, 0.15) is 5.75 Å². The number of hydrogen-bond acceptors (Lipinski definition) is 2. The number of halogens is 3. The van der Waals surface area contributed by atoms with Gasteiger partial charge in [-0.05, 0) is 40.2 Å². The minimum Gasteiger partial charge on any atom is -0.506 e. The van der Waals surface area contributed by atoms with Gasteiger partial charge in [-0.3, -0.25) is 4.99 Å². The van der Waals surface area contributed by atoms with Gasteiger partial charge in [0.15, 0.2) is 0 Å². The predicted molar refractivity (Wildman–Crippen MR) is 79.5 cm³/mol. The lowest BCUT2D eigenvalue weighted by molar-refractivity contribution is 0.475. The summed E-state index contributed by atoms with van der Waals surface area (Å²) in [6.07, 6.45) is 1.52. The summed E-state index contributed by atoms with van der Waals surface area (Å²) in [6, 6.07) is 10.6. The third-order valence-electron chi connectivity index (χ3n) is 2.25. The van der Waals surface area contributed by atoms with Crippen LogP contribution >= 0.6 is 39.1 Å². The van der Waals surface area contributed by atoms with Gasteiger partial charge in [-0.1, -0.05) is 35.3 Å². The molecule has 0 fully saturated rings. The van der Waals surface area contributed by atoms with E-state index in [0.717, 1.165) is 10.2 Å². The van der Waals surface area contributed by atoms with Crippen LogP contribution in [-0.4, -0.2) is 11.3 Å². The van der Waals surface area contributed by atoms with Crippen molar-refractivity contribution in [3.05, 3.63) is 56.5 Å². The molecular weight excluding hydrogens is 337 g/mol. The van der Waals surface area contributed by atoms with Gasteiger partial charge in [0.2, 0.25) is 0 Å². The Morgan fingerprint density at radius 1 is 1.17 bits per heavy atom. The molecule has 1 N–H and O–H groups in total. The van der Waals surface area contributed by atoms with E-state index in [0.29, 0.717) is 10.6 Å². The zero-order valence-corrected chi connectivity index (χ0v) is 12.2. The third kappa shape index (κ3) is 3.05. The molecule has 0 bridgehead atoms. The van der Waals surface area contributed by atoms with E-state index < -0.39 is 0 Å². The van der Waals surface area contributed by atoms with E-state index in [1.165, 1.54) is 12.3 Å². The summed E-state index contributed by atoms with van der Waals surface area (Å²) in [7, 11) is 0. The fourth-order valence-corrected chi connectivity index (χ4v) is 2.28. The molecule has 0 aliphatic rings. The standard InChI is InChI=1S/C13H8BrCl2NO/c14-10-3-1-2-4-12(10)17-7-8-5-9(15)6-11(16)13(8)18/h1-7,18H. The molecule has 0 aliphatic heterocycles. The molecule has 92 valence electrons. The lowest BCUT2D eigenvalue weighted by atomic mass is 10.2. The van der Waals surface area contributed by atoms with Crippen molar-refractivity contribution in [1.29, 1.82) is 0 Å². The zero-order chi connectivity index (χ0) is 13.1. The molecule has 0 atom stereocenters. The minimum atomic E-state index is -0.0307. The summed E-state index contributed by atoms with van der Waals surface area (Å²) in [5.74, 6) is -0.0307. The Bertz CT molecular complexity index is 614. The van der Waals surface area contributed by atoms with Crippen LogP contribution in [0.4, 0.5) is 5.69 Å². The Hall–Kier alpha value is -1.03. The maximum absolute atomic E-state index is 9.78. The van der Waals surface area contributed by atoms with Crippen LogP contribution in [0.2, 0.25) is 10.0 Å². The number of aromatic hydroxyl groups is 1. The van der Waals surface area contributed by atoms with Crippen LogP contribution in [-0.2, 0) is 0 Å². The quantitative estimate of drug-likeness (QED) is 0.745. The van der Waals surface area contributed by atoms with Crippen molar-refractivity contribution in [3.8, 4) is 5.75 Å². The van der Waals surface area contributed by atoms with Gasteiger partial charge in [0, 0.05) is 21.3 Å². The Kier molecular flexibility index (Phi) is 4.27. The highest BCUT2D eigenvalue weighted by atomic mass is 79.9. The SMILES string of the molecule is Oc1c(Cl)cc(Cl)cc1C=Nc1ccccc1Br. The first-order valence-electron chi connectivity index (χ1n) is 5.04. The first-order valence-corrected chi connectivity index (χ1v) is 6.59. The van der Waals surface area contributed by atoms with Gasteiger partial charge >= 0.3 is 0 Å². The minimum absolute atomic E-state index is 0.0307. The molecule has 0 saturated carbocycles. The van der Waals surface area contributed by atoms with Gasteiger partial charge in [0.05, 0.1) is 10.7 Å². The number of phenols is 1. The molecule has 0 unspecified atom stereocenters. The normalized spacial score (nSPS) is 11.1. The Labute approximate surface area is 123 Å². The van der Waals surface area contributed by atoms with E-state index >= 15 is 0 Å². The molecule has 2 aromatic carbocycles. The second-order valence-electron chi connectivity index (χ2n) is 3.54. The van der Waals surface area contributed by atoms with Gasteiger partial charge in [-0.2, -0.15) is 0 Å². The molecule has 0 aromatic heterocycles. The zero-order valence-electron chi connectivity index (χ0n) is 9.07. The van der Waals surface area contributed by atoms with Crippen LogP contribution in [0.25, 0.3) is 0 Å². The molecule has 2 aromatic rings. The molecule has 0 radical (unpaired) electrons. The molecule has 0 saturated heterocycles. The highest BCUT2D eigenvalue weighted by Gasteiger charge is 2.06. The molecule has 0 heterocycles. The molecule has 18 heavy (non-hydrogen) atoms. The smallest absolute Gasteiger partial charge is 0.143 e. The third-order valence-corrected chi connectivity index (χ3v) is 3.43. The number of rotatable bonds is 2. The van der Waals surface area contributed by atoms with E-state index in [-0.39, 0.29) is 10.8 Å². The number of benzene rings is 2. The second-order valence-corrected chi connectivity index (χ2v) is 5.23. The fourth-order valence-electron chi connectivity index (χ4n) is 1.38. The van der Waals surface area contributed by atoms with Crippen molar-refractivity contribution in [3.63, 3.8) is 0 Å². The summed E-state index contributed by atoms with van der Waals surface area (Å²) in [5, 5.41) is 10.4. The largest absolute Gasteiger partial charge is 0.506 e. The molecule has 2 nitrogen and oxygen atoms in total. The molecule has 0 aliphatic carbocycles. The number of nitrogens with zero attached hydrogens (tertiary/aromatic N) is 1. The van der Waals surface area contributed by atoms with Gasteiger partial charge in [0.25, 0.3) is 0 Å². The number of phenolic OH excluding ortho intramolecular Hbond substituents is 1. The summed E-state index contributed by atoms with van der Waals surface area (Å²) >= 11 is 15.1. The fraction of sp³-hybridized carbons (Fsp3) is 0. The maximum atomic E-state index is 9.78. The Morgan fingerprint density at radius 2 is 1.89 bits per heavy atom. The molecule has 0 spiro atoms. The molecule has 5 heteroatoms. The van der Waals surface area contributed by atoms with Crippen LogP contribution in [0.5, 0.6) is 5.75 Å². The lowest BCUT2D eigenvalue weighted by Gasteiger charge is -2.02. The monoisotopic (exact) mass is 343 g/mol. The molecule has 2 rings (SSSR count). The van der Waals surface area contributed by atoms with Gasteiger partial charge in [-0.25, -0.2) is 0 Å². The van der Waals surface area contributed by atoms with Gasteiger partial charge in [-0.15, -0.1) is 0 Å². The van der Waals surface area contributed by atoms with Crippen molar-refractivity contribution in [1.82, 2.24) is 0 Å². The van der Waals surface area contributed by atoms with Crippen molar-refractivity contribution < 1.29 is 5.11 Å². The maximum Gasteiger partial charge on any atom is 0.143 e. The molecule has 0 amide bonds. The Balaban J connectivity index is 2.38. The highest BCUT2D eigenvalue weighted by Crippen LogP contribution is 2.31. The average Bonchev–Trinajstić information content (AvgIpc) is 2.33. The van der Waals surface area contributed by atoms with Crippen molar-refractivity contribution in [2.45, 2.75) is 0 Å². The van der Waals surface area contributed by atoms with Crippen molar-refractivity contribution >= 4 is 51.0 Å². The van der Waals surface area contributed by atoms with Crippen LogP contribution in [0.1, 0.15) is 5.56 Å². The van der Waals surface area contributed by atoms with E-state index in [1.54, 1.807) is 6.07 Å². The number of aliphatic imine (C=N–C) groups is 1. The highest BCUT2D eigenvalue weighted by molar-refractivity contribution is 9.10. The van der Waals surface area contributed by atoms with Crippen molar-refractivity contribution in [2.75, 3.05) is 0 Å². The van der Waals surface area contributed by atoms with Crippen molar-refractivity contribution in [2.24, 2.45) is 4.99 Å². The lowest BCUT2D eigenvalue weighted by Crippen LogP contribution is -1.84. The first kappa shape index (κ1) is 13.4. The topological polar surface area (TPSA) is 32.6 Å². The van der Waals surface area contributed by atoms with E-state index in [2.05, 4.69) is 20.9 Å². The summed E-state index contributed by atoms with van der Waals surface area (Å²) < 4.78 is 0.869. The van der Waals surface area contributed by atoms with Crippen LogP contribution in [0.3, 0.4) is 0 Å². The number of para-hydroxylation sites is 1. The molecular formula is C13H8BrCl2NO. The van der Waals surface area contributed by atoms with E-state index in [4.69, 9.17) is 23.2 Å². The summed E-state index contributed by atoms with van der Waals surface area (Å²) in [4.78, 5) is 4.27. The number of hydrogen-bond donors (Lipinski definition) is 1. The average molecular weight is 345 g/mol. The summed E-state index contributed by atoms with van der Waals surface area (Å²) in [6.45, 7) is 0. The first-order chi connectivity index (χ1) is 8.58. The van der Waals surface area contributed by atoms with Gasteiger partial charge < -0.3 is 5.11 Å². The van der Waals surface area contributed by atoms with Crippen LogP contribution in [0, 0.1) is 0 Å². The summed E-state index contributed by atoms with van der Waals surface area (Å²) in [5.41, 5.74) is 1.23.